The Bertz CT molecular complexity index is 1450. The SMILES string of the molecule is Cc1nn(-c2ccccc2)c2c1C(c1ccc(C(C)(C)C)cc1)C(C(=O)c1ccccc1O)C(=O)N2. The lowest BCUT2D eigenvalue weighted by Crippen LogP contribution is -2.40. The van der Waals surface area contributed by atoms with Gasteiger partial charge < -0.3 is 10.4 Å². The van der Waals surface area contributed by atoms with E-state index in [4.69, 9.17) is 5.10 Å². The second-order valence-corrected chi connectivity index (χ2v) is 10.3. The number of carbonyl (C=O) groups excluding carboxylic acids is 2. The van der Waals surface area contributed by atoms with Crippen LogP contribution < -0.4 is 5.32 Å². The first-order valence-electron chi connectivity index (χ1n) is 12.1. The number of phenolic OH excluding ortho intramolecular Hbond substituents is 1. The number of hydrogen-bond donors (Lipinski definition) is 2. The highest BCUT2D eigenvalue weighted by molar-refractivity contribution is 6.17. The smallest absolute Gasteiger partial charge is 0.237 e. The van der Waals surface area contributed by atoms with E-state index in [9.17, 15) is 14.7 Å². The van der Waals surface area contributed by atoms with Crippen LogP contribution in [0.2, 0.25) is 0 Å². The molecule has 1 aliphatic rings. The fourth-order valence-electron chi connectivity index (χ4n) is 4.97. The van der Waals surface area contributed by atoms with Crippen LogP contribution in [0.5, 0.6) is 5.75 Å². The molecule has 0 fully saturated rings. The molecular weight excluding hydrogens is 450 g/mol. The Morgan fingerprint density at radius 3 is 2.22 bits per heavy atom. The minimum Gasteiger partial charge on any atom is -0.507 e. The summed E-state index contributed by atoms with van der Waals surface area (Å²) in [6.07, 6.45) is 0. The zero-order valence-electron chi connectivity index (χ0n) is 20.8. The number of aromatic hydroxyl groups is 1. The van der Waals surface area contributed by atoms with Gasteiger partial charge in [-0.15, -0.1) is 0 Å². The normalized spacial score (nSPS) is 17.4. The van der Waals surface area contributed by atoms with Crippen LogP contribution in [-0.2, 0) is 10.2 Å². The summed E-state index contributed by atoms with van der Waals surface area (Å²) in [6.45, 7) is 8.33. The maximum atomic E-state index is 13.8. The van der Waals surface area contributed by atoms with Crippen molar-refractivity contribution in [1.82, 2.24) is 9.78 Å². The molecule has 0 radical (unpaired) electrons. The van der Waals surface area contributed by atoms with Crippen LogP contribution in [0.1, 0.15) is 59.4 Å². The van der Waals surface area contributed by atoms with Crippen LogP contribution in [0.4, 0.5) is 5.82 Å². The summed E-state index contributed by atoms with van der Waals surface area (Å²) in [5.74, 6) is -2.04. The summed E-state index contributed by atoms with van der Waals surface area (Å²) < 4.78 is 1.72. The third kappa shape index (κ3) is 3.98. The Balaban J connectivity index is 1.71. The van der Waals surface area contributed by atoms with Gasteiger partial charge in [0.1, 0.15) is 17.5 Å². The first-order chi connectivity index (χ1) is 17.2. The predicted octanol–water partition coefficient (Wildman–Crippen LogP) is 5.77. The highest BCUT2D eigenvalue weighted by Gasteiger charge is 2.45. The van der Waals surface area contributed by atoms with Crippen LogP contribution in [0.3, 0.4) is 0 Å². The summed E-state index contributed by atoms with van der Waals surface area (Å²) in [5.41, 5.74) is 4.45. The summed E-state index contributed by atoms with van der Waals surface area (Å²) in [7, 11) is 0. The van der Waals surface area contributed by atoms with Gasteiger partial charge in [0.15, 0.2) is 5.78 Å². The number of rotatable bonds is 4. The fourth-order valence-corrected chi connectivity index (χ4v) is 4.97. The van der Waals surface area contributed by atoms with Crippen molar-refractivity contribution in [3.8, 4) is 11.4 Å². The molecule has 0 bridgehead atoms. The Kier molecular flexibility index (Phi) is 5.75. The first kappa shape index (κ1) is 23.5. The van der Waals surface area contributed by atoms with Crippen molar-refractivity contribution in [2.75, 3.05) is 5.32 Å². The molecule has 2 unspecified atom stereocenters. The number of nitrogens with one attached hydrogen (secondary N) is 1. The van der Waals surface area contributed by atoms with Crippen molar-refractivity contribution < 1.29 is 14.7 Å². The first-order valence-corrected chi connectivity index (χ1v) is 12.1. The number of aryl methyl sites for hydroxylation is 1. The molecule has 0 saturated carbocycles. The summed E-state index contributed by atoms with van der Waals surface area (Å²) in [5, 5.41) is 18.1. The van der Waals surface area contributed by atoms with Crippen molar-refractivity contribution in [2.24, 2.45) is 5.92 Å². The van der Waals surface area contributed by atoms with Gasteiger partial charge in [-0.1, -0.05) is 75.4 Å². The molecule has 1 amide bonds. The number of amides is 1. The van der Waals surface area contributed by atoms with Crippen LogP contribution >= 0.6 is 0 Å². The Morgan fingerprint density at radius 1 is 0.944 bits per heavy atom. The zero-order valence-corrected chi connectivity index (χ0v) is 20.8. The van der Waals surface area contributed by atoms with Gasteiger partial charge in [0, 0.05) is 11.5 Å². The van der Waals surface area contributed by atoms with E-state index < -0.39 is 23.5 Å². The maximum Gasteiger partial charge on any atom is 0.237 e. The van der Waals surface area contributed by atoms with E-state index in [1.54, 1.807) is 22.9 Å². The van der Waals surface area contributed by atoms with Gasteiger partial charge in [0.25, 0.3) is 0 Å². The number of anilines is 1. The molecule has 6 nitrogen and oxygen atoms in total. The predicted molar refractivity (Wildman–Crippen MR) is 140 cm³/mol. The van der Waals surface area contributed by atoms with Crippen LogP contribution in [0.25, 0.3) is 5.69 Å². The number of para-hydroxylation sites is 2. The number of nitrogens with zero attached hydrogens (tertiary/aromatic N) is 2. The number of fused-ring (bicyclic) bond motifs is 1. The van der Waals surface area contributed by atoms with E-state index in [1.807, 2.05) is 49.4 Å². The molecule has 1 aliphatic heterocycles. The highest BCUT2D eigenvalue weighted by Crippen LogP contribution is 2.45. The molecule has 4 aromatic rings. The molecule has 0 spiro atoms. The van der Waals surface area contributed by atoms with Crippen LogP contribution in [0.15, 0.2) is 78.9 Å². The standard InChI is InChI=1S/C30H29N3O3/c1-18-24-25(19-14-16-20(17-15-19)30(2,3)4)26(27(35)22-12-8-9-13-23(22)34)29(36)31-28(24)33(32-18)21-10-6-5-7-11-21/h5-17,25-26,34H,1-4H3,(H,31,36). The lowest BCUT2D eigenvalue weighted by atomic mass is 9.73. The minimum absolute atomic E-state index is 0.0349. The molecule has 2 atom stereocenters. The number of ketones is 1. The number of phenols is 1. The summed E-state index contributed by atoms with van der Waals surface area (Å²) in [6, 6.07) is 24.1. The molecule has 36 heavy (non-hydrogen) atoms. The van der Waals surface area contributed by atoms with E-state index in [2.05, 4.69) is 38.2 Å². The molecule has 0 saturated heterocycles. The quantitative estimate of drug-likeness (QED) is 0.288. The van der Waals surface area contributed by atoms with Gasteiger partial charge >= 0.3 is 0 Å². The fraction of sp³-hybridized carbons (Fsp3) is 0.233. The lowest BCUT2D eigenvalue weighted by molar-refractivity contribution is -0.119. The Morgan fingerprint density at radius 2 is 1.58 bits per heavy atom. The van der Waals surface area contributed by atoms with Crippen LogP contribution in [0, 0.1) is 12.8 Å². The van der Waals surface area contributed by atoms with Crippen molar-refractivity contribution in [3.05, 3.63) is 107 Å². The second-order valence-electron chi connectivity index (χ2n) is 10.3. The second kappa shape index (κ2) is 8.79. The van der Waals surface area contributed by atoms with Gasteiger partial charge in [-0.05, 0) is 47.7 Å². The van der Waals surface area contributed by atoms with Crippen molar-refractivity contribution in [3.63, 3.8) is 0 Å². The molecule has 2 N–H and O–H groups in total. The van der Waals surface area contributed by atoms with E-state index >= 15 is 0 Å². The third-order valence-corrected chi connectivity index (χ3v) is 6.86. The molecule has 1 aromatic heterocycles. The van der Waals surface area contributed by atoms with E-state index in [0.29, 0.717) is 5.82 Å². The van der Waals surface area contributed by atoms with Crippen molar-refractivity contribution >= 4 is 17.5 Å². The number of Topliss-reactive ketones (excluding diaryl/α,β-unsaturated/α-hetero) is 1. The topological polar surface area (TPSA) is 84.2 Å². The Hall–Kier alpha value is -4.19. The molecule has 182 valence electrons. The van der Waals surface area contributed by atoms with Gasteiger partial charge in [-0.3, -0.25) is 9.59 Å². The van der Waals surface area contributed by atoms with Gasteiger partial charge in [0.05, 0.1) is 16.9 Å². The maximum absolute atomic E-state index is 13.8. The monoisotopic (exact) mass is 479 g/mol. The zero-order chi connectivity index (χ0) is 25.6. The Labute approximate surface area is 210 Å². The average Bonchev–Trinajstić information content (AvgIpc) is 3.19. The number of carbonyl (C=O) groups is 2. The molecule has 5 rings (SSSR count). The van der Waals surface area contributed by atoms with E-state index in [1.165, 1.54) is 6.07 Å². The third-order valence-electron chi connectivity index (χ3n) is 6.86. The average molecular weight is 480 g/mol. The molecule has 0 aliphatic carbocycles. The molecule has 2 heterocycles. The molecule has 6 heteroatoms. The van der Waals surface area contributed by atoms with Crippen molar-refractivity contribution in [1.29, 1.82) is 0 Å². The van der Waals surface area contributed by atoms with Gasteiger partial charge in [-0.25, -0.2) is 4.68 Å². The van der Waals surface area contributed by atoms with E-state index in [0.717, 1.165) is 28.1 Å². The summed E-state index contributed by atoms with van der Waals surface area (Å²) in [4.78, 5) is 27.4. The lowest BCUT2D eigenvalue weighted by Gasteiger charge is -2.32. The summed E-state index contributed by atoms with van der Waals surface area (Å²) >= 11 is 0. The number of hydrogen-bond acceptors (Lipinski definition) is 4. The number of aromatic nitrogens is 2. The molecule has 3 aromatic carbocycles. The van der Waals surface area contributed by atoms with E-state index in [-0.39, 0.29) is 16.7 Å². The molecular formula is C30H29N3O3. The van der Waals surface area contributed by atoms with Gasteiger partial charge in [-0.2, -0.15) is 5.10 Å². The van der Waals surface area contributed by atoms with Crippen molar-refractivity contribution in [2.45, 2.75) is 39.0 Å². The highest BCUT2D eigenvalue weighted by atomic mass is 16.3. The van der Waals surface area contributed by atoms with Crippen LogP contribution in [-0.4, -0.2) is 26.6 Å². The van der Waals surface area contributed by atoms with Gasteiger partial charge in [0.2, 0.25) is 5.91 Å². The largest absolute Gasteiger partial charge is 0.507 e. The minimum atomic E-state index is -1.06. The number of benzene rings is 3.